The molecule has 0 spiro atoms. The van der Waals surface area contributed by atoms with Gasteiger partial charge in [0.2, 0.25) is 0 Å². The fourth-order valence-corrected chi connectivity index (χ4v) is 3.00. The lowest BCUT2D eigenvalue weighted by Crippen LogP contribution is -2.47. The normalized spacial score (nSPS) is 12.9. The molecule has 32 heavy (non-hydrogen) atoms. The quantitative estimate of drug-likeness (QED) is 0.554. The van der Waals surface area contributed by atoms with Crippen molar-refractivity contribution in [1.82, 2.24) is 5.32 Å². The Bertz CT molecular complexity index is 957. The first-order valence-electron chi connectivity index (χ1n) is 9.82. The van der Waals surface area contributed by atoms with Crippen molar-refractivity contribution in [3.05, 3.63) is 64.7 Å². The number of hydrogen-bond acceptors (Lipinski definition) is 6. The van der Waals surface area contributed by atoms with E-state index in [2.05, 4.69) is 5.32 Å². The molecule has 2 aromatic carbocycles. The van der Waals surface area contributed by atoms with E-state index in [9.17, 15) is 19.5 Å². The monoisotopic (exact) mass is 463 g/mol. The van der Waals surface area contributed by atoms with Crippen LogP contribution in [0.1, 0.15) is 44.9 Å². The lowest BCUT2D eigenvalue weighted by Gasteiger charge is -2.27. The minimum absolute atomic E-state index is 0.192. The minimum atomic E-state index is -1.61. The number of aliphatic carboxylic acids is 1. The Morgan fingerprint density at radius 3 is 2.28 bits per heavy atom. The third kappa shape index (κ3) is 7.77. The summed E-state index contributed by atoms with van der Waals surface area (Å²) in [6.45, 7) is 6.34. The van der Waals surface area contributed by atoms with E-state index in [1.54, 1.807) is 26.8 Å². The second kappa shape index (κ2) is 10.9. The summed E-state index contributed by atoms with van der Waals surface area (Å²) in [4.78, 5) is 35.7. The number of hydrogen-bond donors (Lipinski definition) is 2. The molecule has 9 heteroatoms. The molecule has 2 rings (SSSR count). The van der Waals surface area contributed by atoms with Crippen LogP contribution in [0.5, 0.6) is 5.75 Å². The predicted molar refractivity (Wildman–Crippen MR) is 118 cm³/mol. The number of nitrogens with one attached hydrogen (secondary N) is 1. The summed E-state index contributed by atoms with van der Waals surface area (Å²) in [7, 11) is 0. The van der Waals surface area contributed by atoms with Crippen molar-refractivity contribution in [3.8, 4) is 5.75 Å². The summed E-state index contributed by atoms with van der Waals surface area (Å²) in [6.07, 6.45) is -2.31. The van der Waals surface area contributed by atoms with Gasteiger partial charge in [0.25, 0.3) is 0 Å². The van der Waals surface area contributed by atoms with Crippen LogP contribution >= 0.6 is 11.6 Å². The maximum Gasteiger partial charge on any atom is 0.408 e. The van der Waals surface area contributed by atoms with E-state index in [-0.39, 0.29) is 17.2 Å². The fraction of sp³-hybridized carbons (Fsp3) is 0.348. The molecule has 2 N–H and O–H groups in total. The predicted octanol–water partition coefficient (Wildman–Crippen LogP) is 4.50. The van der Waals surface area contributed by atoms with E-state index in [1.165, 1.54) is 12.1 Å². The van der Waals surface area contributed by atoms with Crippen LogP contribution in [0.4, 0.5) is 4.79 Å². The van der Waals surface area contributed by atoms with Gasteiger partial charge >= 0.3 is 18.0 Å². The van der Waals surface area contributed by atoms with Gasteiger partial charge in [0.15, 0.2) is 12.1 Å². The number of halogens is 1. The summed E-state index contributed by atoms with van der Waals surface area (Å²) in [6, 6.07) is 12.4. The van der Waals surface area contributed by atoms with Crippen LogP contribution in [0.3, 0.4) is 0 Å². The summed E-state index contributed by atoms with van der Waals surface area (Å²) < 4.78 is 16.1. The number of carboxylic acid groups (broad SMARTS) is 1. The highest BCUT2D eigenvalue weighted by atomic mass is 35.5. The first-order chi connectivity index (χ1) is 15.0. The van der Waals surface area contributed by atoms with Crippen molar-refractivity contribution in [3.63, 3.8) is 0 Å². The lowest BCUT2D eigenvalue weighted by atomic mass is 10.0. The van der Waals surface area contributed by atoms with Crippen LogP contribution < -0.4 is 10.1 Å². The number of rotatable bonds is 8. The summed E-state index contributed by atoms with van der Waals surface area (Å²) >= 11 is 6.33. The number of carbonyl (C=O) groups excluding carboxylic acids is 2. The largest absolute Gasteiger partial charge is 0.487 e. The van der Waals surface area contributed by atoms with Gasteiger partial charge in [-0.05, 0) is 44.0 Å². The molecule has 0 radical (unpaired) electrons. The molecule has 2 aromatic rings. The molecule has 8 nitrogen and oxygen atoms in total. The average Bonchev–Trinajstić information content (AvgIpc) is 2.68. The van der Waals surface area contributed by atoms with Gasteiger partial charge in [0.1, 0.15) is 18.0 Å². The van der Waals surface area contributed by atoms with Crippen molar-refractivity contribution in [1.29, 1.82) is 0 Å². The number of benzene rings is 2. The van der Waals surface area contributed by atoms with Gasteiger partial charge in [-0.3, -0.25) is 4.79 Å². The van der Waals surface area contributed by atoms with Crippen LogP contribution in [0.25, 0.3) is 0 Å². The van der Waals surface area contributed by atoms with E-state index in [4.69, 9.17) is 25.8 Å². The van der Waals surface area contributed by atoms with Crippen LogP contribution in [0, 0.1) is 0 Å². The number of esters is 1. The second-order valence-corrected chi connectivity index (χ2v) is 8.36. The van der Waals surface area contributed by atoms with Gasteiger partial charge in [-0.15, -0.1) is 0 Å². The topological polar surface area (TPSA) is 111 Å². The van der Waals surface area contributed by atoms with Crippen molar-refractivity contribution < 1.29 is 33.7 Å². The van der Waals surface area contributed by atoms with Crippen molar-refractivity contribution in [2.24, 2.45) is 0 Å². The van der Waals surface area contributed by atoms with E-state index in [1.807, 2.05) is 30.3 Å². The highest BCUT2D eigenvalue weighted by molar-refractivity contribution is 6.32. The van der Waals surface area contributed by atoms with E-state index >= 15 is 0 Å². The van der Waals surface area contributed by atoms with Gasteiger partial charge in [-0.1, -0.05) is 48.0 Å². The summed E-state index contributed by atoms with van der Waals surface area (Å²) in [5, 5.41) is 12.1. The lowest BCUT2D eigenvalue weighted by molar-refractivity contribution is -0.154. The van der Waals surface area contributed by atoms with Crippen LogP contribution in [-0.2, 0) is 25.7 Å². The Morgan fingerprint density at radius 2 is 1.75 bits per heavy atom. The van der Waals surface area contributed by atoms with Gasteiger partial charge in [0.05, 0.1) is 5.02 Å². The maximum atomic E-state index is 12.2. The Hall–Kier alpha value is -3.26. The number of alkyl carbamates (subject to hydrolysis) is 1. The van der Waals surface area contributed by atoms with E-state index < -0.39 is 35.8 Å². The molecule has 172 valence electrons. The molecular weight excluding hydrogens is 438 g/mol. The molecule has 1 amide bonds. The molecule has 0 saturated carbocycles. The van der Waals surface area contributed by atoms with E-state index in [0.29, 0.717) is 5.75 Å². The van der Waals surface area contributed by atoms with Crippen LogP contribution in [0.15, 0.2) is 48.5 Å². The van der Waals surface area contributed by atoms with Crippen molar-refractivity contribution in [2.75, 3.05) is 0 Å². The summed E-state index contributed by atoms with van der Waals surface area (Å²) in [5.41, 5.74) is 0.365. The molecule has 2 atom stereocenters. The number of carboxylic acids is 1. The Balaban J connectivity index is 2.26. The van der Waals surface area contributed by atoms with Crippen LogP contribution in [0.2, 0.25) is 5.02 Å². The van der Waals surface area contributed by atoms with Crippen LogP contribution in [-0.4, -0.2) is 34.8 Å². The number of carbonyl (C=O) groups is 3. The molecule has 0 heterocycles. The Kier molecular flexibility index (Phi) is 8.48. The molecule has 0 saturated heterocycles. The first kappa shape index (κ1) is 25.0. The first-order valence-corrected chi connectivity index (χ1v) is 10.2. The second-order valence-electron chi connectivity index (χ2n) is 7.96. The number of amides is 1. The van der Waals surface area contributed by atoms with Gasteiger partial charge in [-0.25, -0.2) is 9.59 Å². The molecular formula is C23H26ClNO7. The zero-order valence-corrected chi connectivity index (χ0v) is 19.0. The molecule has 0 unspecified atom stereocenters. The zero-order valence-electron chi connectivity index (χ0n) is 18.3. The van der Waals surface area contributed by atoms with Crippen molar-refractivity contribution in [2.45, 2.75) is 52.0 Å². The SMILES string of the molecule is CC(=O)O[C@H](c1ccc(OCc2ccccc2)c(Cl)c1)[C@H](NC(=O)OC(C)(C)C)C(=O)O. The Morgan fingerprint density at radius 1 is 1.09 bits per heavy atom. The van der Waals surface area contributed by atoms with Gasteiger partial charge < -0.3 is 24.6 Å². The molecule has 0 aliphatic carbocycles. The molecule has 0 aromatic heterocycles. The third-order valence-corrected chi connectivity index (χ3v) is 4.35. The van der Waals surface area contributed by atoms with Gasteiger partial charge in [-0.2, -0.15) is 0 Å². The third-order valence-electron chi connectivity index (χ3n) is 4.06. The molecule has 0 aliphatic heterocycles. The smallest absolute Gasteiger partial charge is 0.408 e. The number of ether oxygens (including phenoxy) is 3. The summed E-state index contributed by atoms with van der Waals surface area (Å²) in [5.74, 6) is -1.77. The maximum absolute atomic E-state index is 12.2. The Labute approximate surface area is 191 Å². The molecule has 0 aliphatic rings. The van der Waals surface area contributed by atoms with Gasteiger partial charge in [0, 0.05) is 6.92 Å². The highest BCUT2D eigenvalue weighted by Crippen LogP contribution is 2.31. The minimum Gasteiger partial charge on any atom is -0.487 e. The van der Waals surface area contributed by atoms with Crippen molar-refractivity contribution >= 4 is 29.6 Å². The van der Waals surface area contributed by atoms with E-state index in [0.717, 1.165) is 12.5 Å². The average molecular weight is 464 g/mol. The molecule has 0 bridgehead atoms. The highest BCUT2D eigenvalue weighted by Gasteiger charge is 2.35. The molecule has 0 fully saturated rings. The zero-order chi connectivity index (χ0) is 23.9. The fourth-order valence-electron chi connectivity index (χ4n) is 2.76. The standard InChI is InChI=1S/C23H26ClNO7/c1-14(26)31-20(19(21(27)28)25-22(29)32-23(2,3)4)16-10-11-18(17(24)12-16)30-13-15-8-6-5-7-9-15/h5-12,19-20H,13H2,1-4H3,(H,25,29)(H,27,28)/t19-,20+/m0/s1.